The monoisotopic (exact) mass is 282 g/mol. The number of allylic oxidation sites excluding steroid dienone is 2. The molecule has 1 nitrogen and oxygen atoms in total. The van der Waals surface area contributed by atoms with Crippen LogP contribution in [0.1, 0.15) is 37.7 Å². The average Bonchev–Trinajstić information content (AvgIpc) is 2.35. The first-order valence-corrected chi connectivity index (χ1v) is 7.07. The number of benzene rings is 1. The predicted octanol–water partition coefficient (Wildman–Crippen LogP) is 5.00. The van der Waals surface area contributed by atoms with E-state index in [0.29, 0.717) is 16.5 Å². The SMILES string of the molecule is O=C(C=C1CCCCC1)Cc1cc(Cl)ccc1Cl. The molecule has 1 aromatic rings. The Morgan fingerprint density at radius 3 is 2.61 bits per heavy atom. The zero-order valence-corrected chi connectivity index (χ0v) is 11.7. The highest BCUT2D eigenvalue weighted by molar-refractivity contribution is 6.33. The molecule has 0 aromatic heterocycles. The second kappa shape index (κ2) is 6.40. The van der Waals surface area contributed by atoms with Gasteiger partial charge in [-0.3, -0.25) is 4.79 Å². The number of hydrogen-bond acceptors (Lipinski definition) is 1. The summed E-state index contributed by atoms with van der Waals surface area (Å²) >= 11 is 12.0. The van der Waals surface area contributed by atoms with Crippen LogP contribution < -0.4 is 0 Å². The lowest BCUT2D eigenvalue weighted by molar-refractivity contribution is -0.114. The van der Waals surface area contributed by atoms with E-state index in [1.807, 2.05) is 0 Å². The summed E-state index contributed by atoms with van der Waals surface area (Å²) in [6.07, 6.45) is 7.96. The van der Waals surface area contributed by atoms with E-state index >= 15 is 0 Å². The Kier molecular flexibility index (Phi) is 4.85. The molecule has 0 bridgehead atoms. The van der Waals surface area contributed by atoms with Gasteiger partial charge in [0.25, 0.3) is 0 Å². The van der Waals surface area contributed by atoms with Crippen LogP contribution in [0, 0.1) is 0 Å². The van der Waals surface area contributed by atoms with Crippen LogP contribution in [0.25, 0.3) is 0 Å². The van der Waals surface area contributed by atoms with Crippen molar-refractivity contribution in [2.75, 3.05) is 0 Å². The zero-order valence-electron chi connectivity index (χ0n) is 10.2. The summed E-state index contributed by atoms with van der Waals surface area (Å²) in [5, 5.41) is 1.22. The Labute approximate surface area is 118 Å². The van der Waals surface area contributed by atoms with Crippen molar-refractivity contribution >= 4 is 29.0 Å². The van der Waals surface area contributed by atoms with Crippen molar-refractivity contribution in [3.63, 3.8) is 0 Å². The molecule has 2 rings (SSSR count). The van der Waals surface area contributed by atoms with Crippen molar-refractivity contribution < 1.29 is 4.79 Å². The van der Waals surface area contributed by atoms with Gasteiger partial charge in [-0.1, -0.05) is 35.2 Å². The van der Waals surface area contributed by atoms with Crippen LogP contribution >= 0.6 is 23.2 Å². The molecule has 96 valence electrons. The van der Waals surface area contributed by atoms with Crippen LogP contribution in [0.4, 0.5) is 0 Å². The third-order valence-electron chi connectivity index (χ3n) is 3.23. The molecule has 0 spiro atoms. The van der Waals surface area contributed by atoms with Crippen molar-refractivity contribution in [2.45, 2.75) is 38.5 Å². The summed E-state index contributed by atoms with van der Waals surface area (Å²) in [6.45, 7) is 0. The fraction of sp³-hybridized carbons (Fsp3) is 0.400. The second-order valence-electron chi connectivity index (χ2n) is 4.74. The van der Waals surface area contributed by atoms with Gasteiger partial charge in [0.1, 0.15) is 0 Å². The third-order valence-corrected chi connectivity index (χ3v) is 3.84. The van der Waals surface area contributed by atoms with E-state index in [1.54, 1.807) is 24.3 Å². The molecule has 1 aliphatic rings. The zero-order chi connectivity index (χ0) is 13.0. The predicted molar refractivity (Wildman–Crippen MR) is 76.3 cm³/mol. The average molecular weight is 283 g/mol. The van der Waals surface area contributed by atoms with Gasteiger partial charge in [0.2, 0.25) is 0 Å². The van der Waals surface area contributed by atoms with Crippen molar-refractivity contribution in [2.24, 2.45) is 0 Å². The fourth-order valence-electron chi connectivity index (χ4n) is 2.30. The smallest absolute Gasteiger partial charge is 0.160 e. The molecule has 0 atom stereocenters. The van der Waals surface area contributed by atoms with Crippen LogP contribution in [0.2, 0.25) is 10.0 Å². The van der Waals surface area contributed by atoms with Gasteiger partial charge in [0.05, 0.1) is 0 Å². The molecule has 0 radical (unpaired) electrons. The Balaban J connectivity index is 2.04. The van der Waals surface area contributed by atoms with E-state index in [9.17, 15) is 4.79 Å². The highest BCUT2D eigenvalue weighted by Crippen LogP contribution is 2.24. The maximum absolute atomic E-state index is 12.0. The minimum Gasteiger partial charge on any atom is -0.294 e. The minimum absolute atomic E-state index is 0.121. The second-order valence-corrected chi connectivity index (χ2v) is 5.59. The molecule has 1 fully saturated rings. The molecule has 3 heteroatoms. The highest BCUT2D eigenvalue weighted by atomic mass is 35.5. The van der Waals surface area contributed by atoms with Gasteiger partial charge in [0.15, 0.2) is 5.78 Å². The van der Waals surface area contributed by atoms with Crippen LogP contribution in [-0.4, -0.2) is 5.78 Å². The van der Waals surface area contributed by atoms with Crippen LogP contribution in [0.5, 0.6) is 0 Å². The lowest BCUT2D eigenvalue weighted by Gasteiger charge is -2.13. The molecule has 0 unspecified atom stereocenters. The first-order valence-electron chi connectivity index (χ1n) is 6.31. The van der Waals surface area contributed by atoms with Gasteiger partial charge in [-0.2, -0.15) is 0 Å². The summed E-state index contributed by atoms with van der Waals surface area (Å²) in [7, 11) is 0. The summed E-state index contributed by atoms with van der Waals surface area (Å²) < 4.78 is 0. The van der Waals surface area contributed by atoms with Crippen LogP contribution in [0.15, 0.2) is 29.8 Å². The van der Waals surface area contributed by atoms with E-state index < -0.39 is 0 Å². The topological polar surface area (TPSA) is 17.1 Å². The van der Waals surface area contributed by atoms with Crippen molar-refractivity contribution in [1.82, 2.24) is 0 Å². The van der Waals surface area contributed by atoms with Crippen molar-refractivity contribution in [3.8, 4) is 0 Å². The number of ketones is 1. The Hall–Kier alpha value is -0.790. The Morgan fingerprint density at radius 2 is 1.89 bits per heavy atom. The molecule has 0 N–H and O–H groups in total. The number of hydrogen-bond donors (Lipinski definition) is 0. The molecule has 0 amide bonds. The molecular weight excluding hydrogens is 267 g/mol. The molecule has 0 saturated heterocycles. The lowest BCUT2D eigenvalue weighted by atomic mass is 9.93. The molecule has 1 aromatic carbocycles. The first kappa shape index (κ1) is 13.6. The number of carbonyl (C=O) groups is 1. The van der Waals surface area contributed by atoms with E-state index in [-0.39, 0.29) is 5.78 Å². The highest BCUT2D eigenvalue weighted by Gasteiger charge is 2.10. The van der Waals surface area contributed by atoms with E-state index in [2.05, 4.69) is 0 Å². The Bertz CT molecular complexity index is 469. The molecule has 18 heavy (non-hydrogen) atoms. The molecule has 1 aliphatic carbocycles. The molecule has 0 aliphatic heterocycles. The lowest BCUT2D eigenvalue weighted by Crippen LogP contribution is -2.03. The quantitative estimate of drug-likeness (QED) is 0.714. The van der Waals surface area contributed by atoms with E-state index in [4.69, 9.17) is 23.2 Å². The first-order chi connectivity index (χ1) is 8.65. The van der Waals surface area contributed by atoms with Gasteiger partial charge < -0.3 is 0 Å². The molecular formula is C15H16Cl2O. The van der Waals surface area contributed by atoms with Gasteiger partial charge >= 0.3 is 0 Å². The summed E-state index contributed by atoms with van der Waals surface area (Å²) in [6, 6.07) is 5.24. The maximum Gasteiger partial charge on any atom is 0.160 e. The number of halogens is 2. The Morgan fingerprint density at radius 1 is 1.17 bits per heavy atom. The van der Waals surface area contributed by atoms with Crippen molar-refractivity contribution in [3.05, 3.63) is 45.5 Å². The van der Waals surface area contributed by atoms with Crippen molar-refractivity contribution in [1.29, 1.82) is 0 Å². The fourth-order valence-corrected chi connectivity index (χ4v) is 2.67. The number of carbonyl (C=O) groups excluding carboxylic acids is 1. The normalized spacial score (nSPS) is 15.6. The van der Waals surface area contributed by atoms with Gasteiger partial charge in [0, 0.05) is 16.5 Å². The van der Waals surface area contributed by atoms with Gasteiger partial charge in [-0.05, 0) is 55.5 Å². The van der Waals surface area contributed by atoms with Gasteiger partial charge in [-0.25, -0.2) is 0 Å². The summed E-state index contributed by atoms with van der Waals surface area (Å²) in [5.74, 6) is 0.121. The van der Waals surface area contributed by atoms with Crippen LogP contribution in [-0.2, 0) is 11.2 Å². The summed E-state index contributed by atoms with van der Waals surface area (Å²) in [4.78, 5) is 12.0. The van der Waals surface area contributed by atoms with E-state index in [0.717, 1.165) is 18.4 Å². The number of rotatable bonds is 3. The molecule has 1 saturated carbocycles. The summed E-state index contributed by atoms with van der Waals surface area (Å²) in [5.41, 5.74) is 2.09. The molecule has 0 heterocycles. The van der Waals surface area contributed by atoms with Crippen LogP contribution in [0.3, 0.4) is 0 Å². The van der Waals surface area contributed by atoms with Gasteiger partial charge in [-0.15, -0.1) is 0 Å². The third kappa shape index (κ3) is 3.86. The maximum atomic E-state index is 12.0. The largest absolute Gasteiger partial charge is 0.294 e. The standard InChI is InChI=1S/C15H16Cl2O/c16-13-6-7-15(17)12(9-13)10-14(18)8-11-4-2-1-3-5-11/h6-9H,1-5,10H2. The van der Waals surface area contributed by atoms with E-state index in [1.165, 1.54) is 24.8 Å². The minimum atomic E-state index is 0.121.